The van der Waals surface area contributed by atoms with Gasteiger partial charge in [-0.1, -0.05) is 29.3 Å². The van der Waals surface area contributed by atoms with Crippen LogP contribution >= 0.6 is 23.2 Å². The van der Waals surface area contributed by atoms with Gasteiger partial charge in [-0.25, -0.2) is 14.8 Å². The molecule has 1 saturated heterocycles. The third kappa shape index (κ3) is 5.43. The highest BCUT2D eigenvalue weighted by Crippen LogP contribution is 2.23. The zero-order valence-corrected chi connectivity index (χ0v) is 16.4. The molecule has 1 amide bonds. The number of halogens is 2. The Labute approximate surface area is 172 Å². The lowest BCUT2D eigenvalue weighted by atomic mass is 10.2. The van der Waals surface area contributed by atoms with Crippen LogP contribution in [0.1, 0.15) is 5.56 Å². The van der Waals surface area contributed by atoms with Crippen LogP contribution in [0, 0.1) is 0 Å². The summed E-state index contributed by atoms with van der Waals surface area (Å²) in [5, 5.41) is 0.832. The molecule has 0 atom stereocenters. The molecule has 146 valence electrons. The summed E-state index contributed by atoms with van der Waals surface area (Å²) >= 11 is 11.8. The first kappa shape index (κ1) is 20.1. The molecule has 0 aliphatic carbocycles. The maximum absolute atomic E-state index is 12.2. The molecule has 0 N–H and O–H groups in total. The summed E-state index contributed by atoms with van der Waals surface area (Å²) in [5.74, 6) is -0.186. The number of hydrogen-bond acceptors (Lipinski definition) is 6. The van der Waals surface area contributed by atoms with Crippen LogP contribution < -0.4 is 4.90 Å². The molecule has 9 heteroatoms. The van der Waals surface area contributed by atoms with Crippen LogP contribution in [-0.2, 0) is 14.3 Å². The van der Waals surface area contributed by atoms with E-state index in [-0.39, 0.29) is 12.5 Å². The molecule has 28 heavy (non-hydrogen) atoms. The fourth-order valence-electron chi connectivity index (χ4n) is 2.66. The van der Waals surface area contributed by atoms with Gasteiger partial charge in [-0.2, -0.15) is 0 Å². The second-order valence-electron chi connectivity index (χ2n) is 6.03. The van der Waals surface area contributed by atoms with Crippen LogP contribution in [0.15, 0.2) is 42.7 Å². The van der Waals surface area contributed by atoms with E-state index in [1.807, 2.05) is 4.90 Å². The number of anilines is 1. The molecule has 1 aliphatic rings. The quantitative estimate of drug-likeness (QED) is 0.546. The Morgan fingerprint density at radius 3 is 2.46 bits per heavy atom. The number of carbonyl (C=O) groups is 2. The van der Waals surface area contributed by atoms with Crippen molar-refractivity contribution in [1.29, 1.82) is 0 Å². The number of amides is 1. The van der Waals surface area contributed by atoms with Gasteiger partial charge in [0, 0.05) is 44.6 Å². The van der Waals surface area contributed by atoms with Crippen molar-refractivity contribution in [3.63, 3.8) is 0 Å². The predicted octanol–water partition coefficient (Wildman–Crippen LogP) is 2.69. The first-order valence-electron chi connectivity index (χ1n) is 8.62. The van der Waals surface area contributed by atoms with Crippen LogP contribution in [0.5, 0.6) is 0 Å². The van der Waals surface area contributed by atoms with E-state index in [1.54, 1.807) is 47.6 Å². The lowest BCUT2D eigenvalue weighted by Gasteiger charge is -2.34. The van der Waals surface area contributed by atoms with Gasteiger partial charge < -0.3 is 14.5 Å². The third-order valence-electron chi connectivity index (χ3n) is 4.16. The van der Waals surface area contributed by atoms with Crippen molar-refractivity contribution in [3.8, 4) is 0 Å². The largest absolute Gasteiger partial charge is 0.452 e. The fraction of sp³-hybridized carbons (Fsp3) is 0.263. The van der Waals surface area contributed by atoms with E-state index in [2.05, 4.69) is 9.97 Å². The van der Waals surface area contributed by atoms with Crippen LogP contribution in [0.4, 0.5) is 5.95 Å². The van der Waals surface area contributed by atoms with Crippen molar-refractivity contribution in [2.45, 2.75) is 0 Å². The zero-order chi connectivity index (χ0) is 19.9. The molecule has 1 aliphatic heterocycles. The molecule has 1 fully saturated rings. The summed E-state index contributed by atoms with van der Waals surface area (Å²) in [6, 6.07) is 6.75. The third-order valence-corrected chi connectivity index (χ3v) is 4.90. The second kappa shape index (κ2) is 9.52. The van der Waals surface area contributed by atoms with E-state index in [4.69, 9.17) is 27.9 Å². The number of nitrogens with zero attached hydrogens (tertiary/aromatic N) is 4. The molecule has 2 aromatic rings. The number of piperazine rings is 1. The first-order chi connectivity index (χ1) is 13.5. The van der Waals surface area contributed by atoms with Gasteiger partial charge in [-0.15, -0.1) is 0 Å². The highest BCUT2D eigenvalue weighted by molar-refractivity contribution is 6.42. The van der Waals surface area contributed by atoms with Gasteiger partial charge in [0.1, 0.15) is 0 Å². The Hall–Kier alpha value is -2.64. The number of hydrogen-bond donors (Lipinski definition) is 0. The van der Waals surface area contributed by atoms with Gasteiger partial charge in [-0.05, 0) is 29.8 Å². The van der Waals surface area contributed by atoms with E-state index in [0.717, 1.165) is 0 Å². The molecule has 7 nitrogen and oxygen atoms in total. The summed E-state index contributed by atoms with van der Waals surface area (Å²) in [4.78, 5) is 36.2. The standard InChI is InChI=1S/C19H18Cl2N4O3/c20-15-4-2-14(12-16(15)21)3-5-18(27)28-13-17(26)24-8-10-25(11-9-24)19-22-6-1-7-23-19/h1-7,12H,8-11,13H2/b5-3+. The normalized spacial score (nSPS) is 14.4. The Bertz CT molecular complexity index is 869. The van der Waals surface area contributed by atoms with Gasteiger partial charge in [0.25, 0.3) is 5.91 Å². The summed E-state index contributed by atoms with van der Waals surface area (Å²) < 4.78 is 5.03. The van der Waals surface area contributed by atoms with E-state index in [0.29, 0.717) is 47.7 Å². The molecule has 3 rings (SSSR count). The SMILES string of the molecule is O=C(/C=C/c1ccc(Cl)c(Cl)c1)OCC(=O)N1CCN(c2ncccn2)CC1. The topological polar surface area (TPSA) is 75.6 Å². The molecular formula is C19H18Cl2N4O3. The van der Waals surface area contributed by atoms with Gasteiger partial charge in [0.05, 0.1) is 10.0 Å². The van der Waals surface area contributed by atoms with Crippen molar-refractivity contribution in [2.24, 2.45) is 0 Å². The maximum Gasteiger partial charge on any atom is 0.331 e. The van der Waals surface area contributed by atoms with Crippen molar-refractivity contribution in [2.75, 3.05) is 37.7 Å². The molecule has 0 bridgehead atoms. The van der Waals surface area contributed by atoms with Crippen LogP contribution in [0.25, 0.3) is 6.08 Å². The average Bonchev–Trinajstić information content (AvgIpc) is 2.73. The summed E-state index contributed by atoms with van der Waals surface area (Å²) in [6.45, 7) is 2.00. The average molecular weight is 421 g/mol. The number of aromatic nitrogens is 2. The lowest BCUT2D eigenvalue weighted by molar-refractivity contribution is -0.148. The van der Waals surface area contributed by atoms with Crippen LogP contribution in [-0.4, -0.2) is 59.5 Å². The van der Waals surface area contributed by atoms with Crippen molar-refractivity contribution < 1.29 is 14.3 Å². The molecule has 0 spiro atoms. The summed E-state index contributed by atoms with van der Waals surface area (Å²) in [7, 11) is 0. The number of benzene rings is 1. The Morgan fingerprint density at radius 2 is 1.79 bits per heavy atom. The molecule has 1 aromatic carbocycles. The highest BCUT2D eigenvalue weighted by atomic mass is 35.5. The Kier molecular flexibility index (Phi) is 6.84. The molecule has 1 aromatic heterocycles. The van der Waals surface area contributed by atoms with Crippen molar-refractivity contribution in [1.82, 2.24) is 14.9 Å². The molecule has 2 heterocycles. The van der Waals surface area contributed by atoms with E-state index in [1.165, 1.54) is 6.08 Å². The van der Waals surface area contributed by atoms with Crippen molar-refractivity contribution >= 4 is 47.1 Å². The summed E-state index contributed by atoms with van der Waals surface area (Å²) in [5.41, 5.74) is 0.705. The predicted molar refractivity (Wildman–Crippen MR) is 107 cm³/mol. The number of carbonyl (C=O) groups excluding carboxylic acids is 2. The van der Waals surface area contributed by atoms with Crippen LogP contribution in [0.2, 0.25) is 10.0 Å². The van der Waals surface area contributed by atoms with Gasteiger partial charge in [0.15, 0.2) is 6.61 Å². The monoisotopic (exact) mass is 420 g/mol. The minimum atomic E-state index is -0.601. The molecule has 0 unspecified atom stereocenters. The molecule has 0 radical (unpaired) electrons. The first-order valence-corrected chi connectivity index (χ1v) is 9.38. The minimum Gasteiger partial charge on any atom is -0.452 e. The summed E-state index contributed by atoms with van der Waals surface area (Å²) in [6.07, 6.45) is 6.17. The number of ether oxygens (including phenoxy) is 1. The van der Waals surface area contributed by atoms with Gasteiger partial charge in [-0.3, -0.25) is 4.79 Å². The highest BCUT2D eigenvalue weighted by Gasteiger charge is 2.22. The van der Waals surface area contributed by atoms with E-state index in [9.17, 15) is 9.59 Å². The Balaban J connectivity index is 1.43. The minimum absolute atomic E-state index is 0.232. The molecular weight excluding hydrogens is 403 g/mol. The van der Waals surface area contributed by atoms with E-state index < -0.39 is 5.97 Å². The van der Waals surface area contributed by atoms with E-state index >= 15 is 0 Å². The Morgan fingerprint density at radius 1 is 1.07 bits per heavy atom. The second-order valence-corrected chi connectivity index (χ2v) is 6.85. The molecule has 0 saturated carbocycles. The fourth-order valence-corrected chi connectivity index (χ4v) is 2.97. The van der Waals surface area contributed by atoms with Crippen molar-refractivity contribution in [3.05, 3.63) is 58.3 Å². The smallest absolute Gasteiger partial charge is 0.331 e. The number of rotatable bonds is 5. The maximum atomic E-state index is 12.2. The van der Waals surface area contributed by atoms with Crippen LogP contribution in [0.3, 0.4) is 0 Å². The van der Waals surface area contributed by atoms with Gasteiger partial charge in [0.2, 0.25) is 5.95 Å². The van der Waals surface area contributed by atoms with Gasteiger partial charge >= 0.3 is 5.97 Å². The zero-order valence-electron chi connectivity index (χ0n) is 14.9. The number of esters is 1. The lowest BCUT2D eigenvalue weighted by Crippen LogP contribution is -2.50.